The van der Waals surface area contributed by atoms with Gasteiger partial charge in [-0.1, -0.05) is 30.3 Å². The van der Waals surface area contributed by atoms with Crippen molar-refractivity contribution in [1.29, 1.82) is 0 Å². The van der Waals surface area contributed by atoms with Crippen LogP contribution in [0, 0.1) is 5.92 Å². The number of hydrogen-bond acceptors (Lipinski definition) is 3. The Morgan fingerprint density at radius 3 is 2.59 bits per heavy atom. The van der Waals surface area contributed by atoms with Crippen LogP contribution >= 0.6 is 0 Å². The van der Waals surface area contributed by atoms with Crippen LogP contribution in [-0.2, 0) is 14.4 Å². The van der Waals surface area contributed by atoms with E-state index in [1.165, 1.54) is 0 Å². The summed E-state index contributed by atoms with van der Waals surface area (Å²) in [5.74, 6) is -0.400. The summed E-state index contributed by atoms with van der Waals surface area (Å²) >= 11 is 0. The van der Waals surface area contributed by atoms with Gasteiger partial charge < -0.3 is 15.1 Å². The zero-order valence-electron chi connectivity index (χ0n) is 15.8. The van der Waals surface area contributed by atoms with Crippen LogP contribution in [0.5, 0.6) is 0 Å². The molecule has 6 heteroatoms. The van der Waals surface area contributed by atoms with Crippen molar-refractivity contribution in [2.75, 3.05) is 13.1 Å². The summed E-state index contributed by atoms with van der Waals surface area (Å²) in [6, 6.07) is 9.76. The predicted octanol–water partition coefficient (Wildman–Crippen LogP) is 1.87. The molecule has 3 fully saturated rings. The van der Waals surface area contributed by atoms with E-state index in [-0.39, 0.29) is 42.1 Å². The highest BCUT2D eigenvalue weighted by Gasteiger charge is 2.43. The van der Waals surface area contributed by atoms with Gasteiger partial charge in [0, 0.05) is 25.6 Å². The van der Waals surface area contributed by atoms with E-state index in [0.717, 1.165) is 31.2 Å². The molecular formula is C21H27N3O3. The maximum absolute atomic E-state index is 13.1. The lowest BCUT2D eigenvalue weighted by Gasteiger charge is -2.28. The van der Waals surface area contributed by atoms with Gasteiger partial charge in [0.1, 0.15) is 6.04 Å². The van der Waals surface area contributed by atoms with Gasteiger partial charge in [-0.2, -0.15) is 0 Å². The normalized spacial score (nSPS) is 26.3. The van der Waals surface area contributed by atoms with Crippen molar-refractivity contribution in [3.8, 4) is 0 Å². The molecule has 0 aromatic heterocycles. The standard InChI is InChI=1S/C21H27N3O3/c1-14(15-6-3-2-4-7-15)24-13-16(12-19(24)25)21(27)23-11-5-8-18(23)20(26)22-17-9-10-17/h2-4,6-7,14,16-18H,5,8-13H2,1H3,(H,22,26). The molecule has 3 aliphatic rings. The van der Waals surface area contributed by atoms with Gasteiger partial charge in [0.2, 0.25) is 17.7 Å². The van der Waals surface area contributed by atoms with E-state index in [0.29, 0.717) is 19.1 Å². The van der Waals surface area contributed by atoms with E-state index >= 15 is 0 Å². The number of benzene rings is 1. The van der Waals surface area contributed by atoms with Gasteiger partial charge in [-0.05, 0) is 38.2 Å². The summed E-state index contributed by atoms with van der Waals surface area (Å²) in [6.45, 7) is 3.05. The number of nitrogens with one attached hydrogen (secondary N) is 1. The number of nitrogens with zero attached hydrogens (tertiary/aromatic N) is 2. The summed E-state index contributed by atoms with van der Waals surface area (Å²) in [5, 5.41) is 3.02. The molecule has 1 aromatic carbocycles. The molecule has 3 amide bonds. The summed E-state index contributed by atoms with van der Waals surface area (Å²) in [7, 11) is 0. The van der Waals surface area contributed by atoms with Crippen molar-refractivity contribution in [3.63, 3.8) is 0 Å². The van der Waals surface area contributed by atoms with Crippen LogP contribution in [-0.4, -0.2) is 52.7 Å². The Hall–Kier alpha value is -2.37. The van der Waals surface area contributed by atoms with Gasteiger partial charge in [0.05, 0.1) is 12.0 Å². The first-order valence-corrected chi connectivity index (χ1v) is 10.00. The second-order valence-electron chi connectivity index (χ2n) is 8.01. The van der Waals surface area contributed by atoms with E-state index in [2.05, 4.69) is 5.32 Å². The van der Waals surface area contributed by atoms with Gasteiger partial charge in [0.25, 0.3) is 0 Å². The zero-order chi connectivity index (χ0) is 19.0. The fourth-order valence-electron chi connectivity index (χ4n) is 4.25. The molecule has 0 spiro atoms. The van der Waals surface area contributed by atoms with Crippen molar-refractivity contribution in [1.82, 2.24) is 15.1 Å². The molecule has 3 unspecified atom stereocenters. The molecule has 1 aromatic rings. The molecule has 1 saturated carbocycles. The average molecular weight is 369 g/mol. The molecule has 144 valence electrons. The topological polar surface area (TPSA) is 69.7 Å². The fraction of sp³-hybridized carbons (Fsp3) is 0.571. The molecule has 6 nitrogen and oxygen atoms in total. The van der Waals surface area contributed by atoms with Gasteiger partial charge in [-0.3, -0.25) is 14.4 Å². The lowest BCUT2D eigenvalue weighted by atomic mass is 10.1. The molecule has 3 atom stereocenters. The number of carbonyl (C=O) groups excluding carboxylic acids is 3. The third-order valence-electron chi connectivity index (χ3n) is 6.02. The molecule has 2 heterocycles. The van der Waals surface area contributed by atoms with Crippen LogP contribution in [0.1, 0.15) is 50.6 Å². The highest BCUT2D eigenvalue weighted by Crippen LogP contribution is 2.31. The van der Waals surface area contributed by atoms with Crippen LogP contribution in [0.3, 0.4) is 0 Å². The molecule has 0 radical (unpaired) electrons. The molecule has 27 heavy (non-hydrogen) atoms. The fourth-order valence-corrected chi connectivity index (χ4v) is 4.25. The SMILES string of the molecule is CC(c1ccccc1)N1CC(C(=O)N2CCCC2C(=O)NC2CC2)CC1=O. The number of hydrogen-bond donors (Lipinski definition) is 1. The van der Waals surface area contributed by atoms with E-state index in [1.807, 2.05) is 37.3 Å². The third kappa shape index (κ3) is 3.70. The molecule has 2 saturated heterocycles. The lowest BCUT2D eigenvalue weighted by molar-refractivity contribution is -0.141. The van der Waals surface area contributed by atoms with Crippen LogP contribution in [0.15, 0.2) is 30.3 Å². The first-order chi connectivity index (χ1) is 13.0. The lowest BCUT2D eigenvalue weighted by Crippen LogP contribution is -2.48. The summed E-state index contributed by atoms with van der Waals surface area (Å²) in [6.07, 6.45) is 3.88. The van der Waals surface area contributed by atoms with E-state index < -0.39 is 0 Å². The monoisotopic (exact) mass is 369 g/mol. The summed E-state index contributed by atoms with van der Waals surface area (Å²) in [5.41, 5.74) is 1.07. The molecule has 4 rings (SSSR count). The summed E-state index contributed by atoms with van der Waals surface area (Å²) in [4.78, 5) is 41.6. The molecule has 1 aliphatic carbocycles. The Balaban J connectivity index is 1.41. The van der Waals surface area contributed by atoms with Crippen LogP contribution in [0.2, 0.25) is 0 Å². The highest BCUT2D eigenvalue weighted by atomic mass is 16.2. The number of carbonyl (C=O) groups is 3. The van der Waals surface area contributed by atoms with E-state index in [9.17, 15) is 14.4 Å². The number of likely N-dealkylation sites (tertiary alicyclic amines) is 2. The maximum Gasteiger partial charge on any atom is 0.243 e. The van der Waals surface area contributed by atoms with Crippen molar-refractivity contribution >= 4 is 17.7 Å². The van der Waals surface area contributed by atoms with Crippen LogP contribution in [0.25, 0.3) is 0 Å². The molecular weight excluding hydrogens is 342 g/mol. The maximum atomic E-state index is 13.1. The minimum absolute atomic E-state index is 0.0166. The minimum Gasteiger partial charge on any atom is -0.352 e. The molecule has 1 N–H and O–H groups in total. The number of rotatable bonds is 5. The quantitative estimate of drug-likeness (QED) is 0.861. The Labute approximate surface area is 159 Å². The van der Waals surface area contributed by atoms with Crippen LogP contribution < -0.4 is 5.32 Å². The van der Waals surface area contributed by atoms with E-state index in [4.69, 9.17) is 0 Å². The molecule has 0 bridgehead atoms. The van der Waals surface area contributed by atoms with Crippen molar-refractivity contribution < 1.29 is 14.4 Å². The first kappa shape index (κ1) is 18.0. The zero-order valence-corrected chi connectivity index (χ0v) is 15.8. The van der Waals surface area contributed by atoms with Gasteiger partial charge in [-0.25, -0.2) is 0 Å². The Bertz CT molecular complexity index is 731. The largest absolute Gasteiger partial charge is 0.352 e. The van der Waals surface area contributed by atoms with Crippen molar-refractivity contribution in [3.05, 3.63) is 35.9 Å². The number of amides is 3. The van der Waals surface area contributed by atoms with Crippen LogP contribution in [0.4, 0.5) is 0 Å². The smallest absolute Gasteiger partial charge is 0.243 e. The first-order valence-electron chi connectivity index (χ1n) is 10.00. The van der Waals surface area contributed by atoms with Crippen molar-refractivity contribution in [2.24, 2.45) is 5.92 Å². The Kier molecular flexibility index (Phi) is 4.89. The van der Waals surface area contributed by atoms with Gasteiger partial charge in [-0.15, -0.1) is 0 Å². The van der Waals surface area contributed by atoms with Gasteiger partial charge in [0.15, 0.2) is 0 Å². The second-order valence-corrected chi connectivity index (χ2v) is 8.01. The summed E-state index contributed by atoms with van der Waals surface area (Å²) < 4.78 is 0. The van der Waals surface area contributed by atoms with E-state index in [1.54, 1.807) is 9.80 Å². The van der Waals surface area contributed by atoms with Gasteiger partial charge >= 0.3 is 0 Å². The Morgan fingerprint density at radius 1 is 1.15 bits per heavy atom. The molecule has 2 aliphatic heterocycles. The minimum atomic E-state index is -0.367. The predicted molar refractivity (Wildman–Crippen MR) is 101 cm³/mol. The van der Waals surface area contributed by atoms with Crippen molar-refractivity contribution in [2.45, 2.75) is 57.2 Å². The third-order valence-corrected chi connectivity index (χ3v) is 6.02. The second kappa shape index (κ2) is 7.33. The highest BCUT2D eigenvalue weighted by molar-refractivity contribution is 5.93. The Morgan fingerprint density at radius 2 is 1.89 bits per heavy atom. The average Bonchev–Trinajstić information content (AvgIpc) is 3.20.